The Bertz CT molecular complexity index is 602. The van der Waals surface area contributed by atoms with Crippen LogP contribution in [0.3, 0.4) is 0 Å². The normalized spacial score (nSPS) is 24.8. The Hall–Kier alpha value is -1.77. The minimum absolute atomic E-state index is 0.0733. The first-order valence-electron chi connectivity index (χ1n) is 7.89. The van der Waals surface area contributed by atoms with Gasteiger partial charge in [0.15, 0.2) is 5.78 Å². The molecule has 3 nitrogen and oxygen atoms in total. The predicted octanol–water partition coefficient (Wildman–Crippen LogP) is 3.79. The van der Waals surface area contributed by atoms with Crippen molar-refractivity contribution < 1.29 is 15.0 Å². The number of carbonyl (C=O) groups excluding carboxylic acids is 1. The number of carbonyl (C=O) groups is 1. The molecule has 1 aromatic carbocycles. The first-order chi connectivity index (χ1) is 10.1. The summed E-state index contributed by atoms with van der Waals surface area (Å²) < 4.78 is 0. The van der Waals surface area contributed by atoms with Gasteiger partial charge in [0, 0.05) is 11.8 Å². The van der Waals surface area contributed by atoms with Gasteiger partial charge in [-0.15, -0.1) is 0 Å². The second kappa shape index (κ2) is 5.21. The summed E-state index contributed by atoms with van der Waals surface area (Å²) in [6.45, 7) is 4.02. The number of fused-ring (bicyclic) bond motifs is 2. The van der Waals surface area contributed by atoms with Gasteiger partial charge < -0.3 is 10.2 Å². The van der Waals surface area contributed by atoms with Crippen LogP contribution in [0.5, 0.6) is 5.75 Å². The molecule has 21 heavy (non-hydrogen) atoms. The molecule has 1 fully saturated rings. The van der Waals surface area contributed by atoms with Gasteiger partial charge in [-0.1, -0.05) is 13.8 Å². The van der Waals surface area contributed by atoms with Crippen LogP contribution in [0.2, 0.25) is 0 Å². The van der Waals surface area contributed by atoms with Gasteiger partial charge in [-0.2, -0.15) is 0 Å². The zero-order chi connectivity index (χ0) is 15.1. The summed E-state index contributed by atoms with van der Waals surface area (Å²) in [5.74, 6) is 0.828. The van der Waals surface area contributed by atoms with E-state index in [-0.39, 0.29) is 29.1 Å². The molecule has 3 heteroatoms. The third kappa shape index (κ3) is 2.15. The van der Waals surface area contributed by atoms with Crippen LogP contribution in [-0.2, 0) is 17.6 Å². The molecule has 2 unspecified atom stereocenters. The Labute approximate surface area is 125 Å². The fourth-order valence-corrected chi connectivity index (χ4v) is 3.88. The van der Waals surface area contributed by atoms with Crippen molar-refractivity contribution in [2.75, 3.05) is 0 Å². The summed E-state index contributed by atoms with van der Waals surface area (Å²) in [6.07, 6.45) is 4.06. The molecule has 1 aromatic rings. The highest BCUT2D eigenvalue weighted by Crippen LogP contribution is 2.46. The van der Waals surface area contributed by atoms with Crippen molar-refractivity contribution in [3.63, 3.8) is 0 Å². The summed E-state index contributed by atoms with van der Waals surface area (Å²) in [4.78, 5) is 12.7. The van der Waals surface area contributed by atoms with Crippen molar-refractivity contribution in [3.05, 3.63) is 34.6 Å². The van der Waals surface area contributed by atoms with E-state index in [1.54, 1.807) is 12.1 Å². The van der Waals surface area contributed by atoms with Crippen LogP contribution in [0, 0.1) is 11.8 Å². The van der Waals surface area contributed by atoms with Gasteiger partial charge >= 0.3 is 0 Å². The van der Waals surface area contributed by atoms with Crippen LogP contribution in [-0.4, -0.2) is 16.0 Å². The number of aryl methyl sites for hydroxylation is 2. The van der Waals surface area contributed by atoms with Crippen LogP contribution in [0.25, 0.3) is 5.57 Å². The van der Waals surface area contributed by atoms with E-state index < -0.39 is 0 Å². The lowest BCUT2D eigenvalue weighted by atomic mass is 9.79. The number of phenols is 1. The highest BCUT2D eigenvalue weighted by molar-refractivity contribution is 6.24. The zero-order valence-corrected chi connectivity index (χ0v) is 12.6. The van der Waals surface area contributed by atoms with Crippen molar-refractivity contribution >= 4 is 11.4 Å². The highest BCUT2D eigenvalue weighted by Gasteiger charge is 2.42. The Morgan fingerprint density at radius 1 is 1.05 bits per heavy atom. The maximum absolute atomic E-state index is 12.7. The minimum Gasteiger partial charge on any atom is -0.511 e. The van der Waals surface area contributed by atoms with E-state index in [4.69, 9.17) is 0 Å². The molecule has 112 valence electrons. The van der Waals surface area contributed by atoms with Gasteiger partial charge in [0.1, 0.15) is 11.5 Å². The van der Waals surface area contributed by atoms with Crippen LogP contribution in [0.1, 0.15) is 49.8 Å². The van der Waals surface area contributed by atoms with Crippen molar-refractivity contribution in [1.82, 2.24) is 0 Å². The average Bonchev–Trinajstić information content (AvgIpc) is 2.93. The number of rotatable bonds is 3. The Morgan fingerprint density at radius 2 is 1.62 bits per heavy atom. The molecule has 2 aliphatic rings. The number of allylic oxidation sites excluding steroid dienone is 2. The number of phenolic OH excluding ortho intramolecular Hbond substituents is 1. The fourth-order valence-electron chi connectivity index (χ4n) is 3.88. The molecule has 0 aromatic heterocycles. The molecule has 2 N–H and O–H groups in total. The van der Waals surface area contributed by atoms with Crippen molar-refractivity contribution in [2.45, 2.75) is 46.0 Å². The number of hydrogen-bond acceptors (Lipinski definition) is 3. The van der Waals surface area contributed by atoms with E-state index >= 15 is 0 Å². The van der Waals surface area contributed by atoms with Gasteiger partial charge in [0.25, 0.3) is 0 Å². The summed E-state index contributed by atoms with van der Waals surface area (Å²) in [7, 11) is 0. The summed E-state index contributed by atoms with van der Waals surface area (Å²) in [6, 6.07) is 3.44. The number of benzene rings is 1. The van der Waals surface area contributed by atoms with Crippen LogP contribution in [0.4, 0.5) is 0 Å². The van der Waals surface area contributed by atoms with Crippen LogP contribution < -0.4 is 0 Å². The largest absolute Gasteiger partial charge is 0.511 e. The van der Waals surface area contributed by atoms with E-state index in [1.165, 1.54) is 0 Å². The quantitative estimate of drug-likeness (QED) is 0.889. The molecular weight excluding hydrogens is 264 g/mol. The Balaban J connectivity index is 2.24. The smallest absolute Gasteiger partial charge is 0.169 e. The lowest BCUT2D eigenvalue weighted by molar-refractivity contribution is -0.117. The Morgan fingerprint density at radius 3 is 2.19 bits per heavy atom. The van der Waals surface area contributed by atoms with E-state index in [2.05, 4.69) is 0 Å². The molecule has 2 bridgehead atoms. The molecule has 1 saturated carbocycles. The fraction of sp³-hybridized carbons (Fsp3) is 0.500. The first kappa shape index (κ1) is 14.2. The lowest BCUT2D eigenvalue weighted by Gasteiger charge is -2.25. The molecule has 3 rings (SSSR count). The van der Waals surface area contributed by atoms with E-state index in [0.717, 1.165) is 48.8 Å². The number of aromatic hydroxyl groups is 1. The molecular formula is C18H22O3. The number of ketones is 1. The van der Waals surface area contributed by atoms with Crippen molar-refractivity contribution in [1.29, 1.82) is 0 Å². The van der Waals surface area contributed by atoms with Gasteiger partial charge in [-0.05, 0) is 60.9 Å². The molecule has 0 aliphatic heterocycles. The highest BCUT2D eigenvalue weighted by atomic mass is 16.3. The van der Waals surface area contributed by atoms with Crippen molar-refractivity contribution in [2.24, 2.45) is 11.8 Å². The molecule has 2 aliphatic carbocycles. The molecule has 0 heterocycles. The standard InChI is InChI=1S/C18H22O3/c1-3-10-8-14(19)9-11(4-2)15(10)16-17(20)12-5-6-13(7-12)18(16)21/h8-9,12-13,19-20H,3-7H2,1-2H3. The summed E-state index contributed by atoms with van der Waals surface area (Å²) in [5, 5.41) is 20.4. The topological polar surface area (TPSA) is 57.5 Å². The number of hydrogen-bond donors (Lipinski definition) is 2. The minimum atomic E-state index is 0.0733. The zero-order valence-electron chi connectivity index (χ0n) is 12.6. The monoisotopic (exact) mass is 286 g/mol. The lowest BCUT2D eigenvalue weighted by Crippen LogP contribution is -2.22. The SMILES string of the molecule is CCc1cc(O)cc(CC)c1C1=C(O)C2CCC(C2)C1=O. The maximum atomic E-state index is 12.7. The average molecular weight is 286 g/mol. The van der Waals surface area contributed by atoms with Gasteiger partial charge in [0.2, 0.25) is 0 Å². The van der Waals surface area contributed by atoms with E-state index in [0.29, 0.717) is 5.57 Å². The van der Waals surface area contributed by atoms with Crippen LogP contribution >= 0.6 is 0 Å². The number of aliphatic hydroxyl groups excluding tert-OH is 1. The third-order valence-electron chi connectivity index (χ3n) is 4.99. The molecule has 0 radical (unpaired) electrons. The molecule has 0 saturated heterocycles. The van der Waals surface area contributed by atoms with Gasteiger partial charge in [-0.3, -0.25) is 4.79 Å². The second-order valence-electron chi connectivity index (χ2n) is 6.18. The van der Waals surface area contributed by atoms with E-state index in [9.17, 15) is 15.0 Å². The summed E-state index contributed by atoms with van der Waals surface area (Å²) >= 11 is 0. The first-order valence-corrected chi connectivity index (χ1v) is 7.89. The van der Waals surface area contributed by atoms with Crippen LogP contribution in [0.15, 0.2) is 17.9 Å². The third-order valence-corrected chi connectivity index (χ3v) is 4.99. The maximum Gasteiger partial charge on any atom is 0.169 e. The number of aliphatic hydroxyl groups is 1. The summed E-state index contributed by atoms with van der Waals surface area (Å²) in [5.41, 5.74) is 3.30. The van der Waals surface area contributed by atoms with Gasteiger partial charge in [-0.25, -0.2) is 0 Å². The predicted molar refractivity (Wildman–Crippen MR) is 82.2 cm³/mol. The van der Waals surface area contributed by atoms with Crippen molar-refractivity contribution in [3.8, 4) is 5.75 Å². The number of Topliss-reactive ketones (excluding diaryl/α,β-unsaturated/α-hetero) is 1. The molecule has 0 spiro atoms. The van der Waals surface area contributed by atoms with E-state index in [1.807, 2.05) is 13.8 Å². The molecule has 0 amide bonds. The van der Waals surface area contributed by atoms with Gasteiger partial charge in [0.05, 0.1) is 5.57 Å². The Kier molecular flexibility index (Phi) is 3.52. The molecule has 2 atom stereocenters. The second-order valence-corrected chi connectivity index (χ2v) is 6.18.